The zero-order chi connectivity index (χ0) is 11.7. The minimum absolute atomic E-state index is 0.0492. The number of hydrogen-bond acceptors (Lipinski definition) is 2. The van der Waals surface area contributed by atoms with Gasteiger partial charge in [-0.15, -0.1) is 0 Å². The molecule has 1 aromatic carbocycles. The Labute approximate surface area is 104 Å². The van der Waals surface area contributed by atoms with Crippen molar-refractivity contribution in [3.05, 3.63) is 58.0 Å². The third-order valence-electron chi connectivity index (χ3n) is 3.49. The van der Waals surface area contributed by atoms with Gasteiger partial charge < -0.3 is 5.32 Å². The number of rotatable bonds is 3. The van der Waals surface area contributed by atoms with Crippen molar-refractivity contribution in [2.45, 2.75) is 11.8 Å². The summed E-state index contributed by atoms with van der Waals surface area (Å²) in [4.78, 5) is 0. The summed E-state index contributed by atoms with van der Waals surface area (Å²) in [6.45, 7) is 1.73. The summed E-state index contributed by atoms with van der Waals surface area (Å²) in [5.41, 5.74) is 2.11. The van der Waals surface area contributed by atoms with E-state index < -0.39 is 0 Å². The van der Waals surface area contributed by atoms with Gasteiger partial charge in [0.25, 0.3) is 0 Å². The monoisotopic (exact) mass is 247 g/mol. The van der Waals surface area contributed by atoms with E-state index in [-0.39, 0.29) is 11.2 Å². The molecule has 17 heavy (non-hydrogen) atoms. The fourth-order valence-corrected chi connectivity index (χ4v) is 3.18. The zero-order valence-electron chi connectivity index (χ0n) is 9.45. The molecule has 1 aromatic heterocycles. The van der Waals surface area contributed by atoms with E-state index in [1.807, 2.05) is 12.1 Å². The summed E-state index contributed by atoms with van der Waals surface area (Å²) >= 11 is 1.70. The molecule has 1 aliphatic rings. The van der Waals surface area contributed by atoms with Crippen molar-refractivity contribution in [3.63, 3.8) is 0 Å². The molecule has 1 saturated heterocycles. The Kier molecular flexibility index (Phi) is 2.73. The van der Waals surface area contributed by atoms with Crippen LogP contribution in [0.25, 0.3) is 0 Å². The van der Waals surface area contributed by atoms with Crippen molar-refractivity contribution < 1.29 is 4.39 Å². The molecule has 0 atom stereocenters. The van der Waals surface area contributed by atoms with Crippen LogP contribution < -0.4 is 5.32 Å². The molecule has 3 rings (SSSR count). The van der Waals surface area contributed by atoms with E-state index in [1.165, 1.54) is 5.56 Å². The van der Waals surface area contributed by atoms with Gasteiger partial charge in [-0.05, 0) is 40.4 Å². The van der Waals surface area contributed by atoms with Crippen LogP contribution in [-0.2, 0) is 11.8 Å². The molecule has 0 aliphatic carbocycles. The lowest BCUT2D eigenvalue weighted by molar-refractivity contribution is 0.266. The van der Waals surface area contributed by atoms with Gasteiger partial charge in [0.2, 0.25) is 0 Å². The first-order valence-electron chi connectivity index (χ1n) is 5.77. The van der Waals surface area contributed by atoms with Crippen LogP contribution in [0.1, 0.15) is 11.1 Å². The number of benzene rings is 1. The number of halogens is 1. The average Bonchev–Trinajstić information content (AvgIpc) is 2.77. The Hall–Kier alpha value is -1.19. The molecular weight excluding hydrogens is 233 g/mol. The van der Waals surface area contributed by atoms with Crippen LogP contribution in [-0.4, -0.2) is 13.1 Å². The van der Waals surface area contributed by atoms with Gasteiger partial charge >= 0.3 is 0 Å². The zero-order valence-corrected chi connectivity index (χ0v) is 10.3. The first kappa shape index (κ1) is 10.9. The van der Waals surface area contributed by atoms with Crippen molar-refractivity contribution in [1.29, 1.82) is 0 Å². The molecule has 1 N–H and O–H groups in total. The van der Waals surface area contributed by atoms with E-state index in [0.717, 1.165) is 25.1 Å². The first-order chi connectivity index (χ1) is 8.30. The van der Waals surface area contributed by atoms with Crippen LogP contribution >= 0.6 is 11.3 Å². The van der Waals surface area contributed by atoms with Gasteiger partial charge in [0, 0.05) is 18.5 Å². The lowest BCUT2D eigenvalue weighted by Gasteiger charge is -2.43. The van der Waals surface area contributed by atoms with Gasteiger partial charge in [-0.2, -0.15) is 11.3 Å². The highest BCUT2D eigenvalue weighted by molar-refractivity contribution is 7.07. The number of thiophene rings is 1. The van der Waals surface area contributed by atoms with Gasteiger partial charge in [-0.25, -0.2) is 4.39 Å². The largest absolute Gasteiger partial charge is 0.315 e. The molecule has 2 aromatic rings. The summed E-state index contributed by atoms with van der Waals surface area (Å²) in [7, 11) is 0. The molecule has 0 amide bonds. The third kappa shape index (κ3) is 1.90. The molecule has 1 aliphatic heterocycles. The Balaban J connectivity index is 1.95. The van der Waals surface area contributed by atoms with Gasteiger partial charge in [0.1, 0.15) is 5.82 Å². The molecule has 88 valence electrons. The quantitative estimate of drug-likeness (QED) is 0.879. The van der Waals surface area contributed by atoms with Gasteiger partial charge in [-0.3, -0.25) is 0 Å². The molecule has 0 radical (unpaired) electrons. The highest BCUT2D eigenvalue weighted by atomic mass is 32.1. The Morgan fingerprint density at radius 2 is 2.06 bits per heavy atom. The third-order valence-corrected chi connectivity index (χ3v) is 4.23. The Morgan fingerprint density at radius 3 is 2.65 bits per heavy atom. The predicted molar refractivity (Wildman–Crippen MR) is 69.0 cm³/mol. The normalized spacial score (nSPS) is 17.7. The first-order valence-corrected chi connectivity index (χ1v) is 6.71. The highest BCUT2D eigenvalue weighted by Gasteiger charge is 2.40. The summed E-state index contributed by atoms with van der Waals surface area (Å²) < 4.78 is 13.9. The summed E-state index contributed by atoms with van der Waals surface area (Å²) in [5.74, 6) is -0.0794. The van der Waals surface area contributed by atoms with Crippen LogP contribution in [0, 0.1) is 5.82 Å². The van der Waals surface area contributed by atoms with Crippen LogP contribution in [0.2, 0.25) is 0 Å². The summed E-state index contributed by atoms with van der Waals surface area (Å²) in [5, 5.41) is 7.51. The topological polar surface area (TPSA) is 12.0 Å². The van der Waals surface area contributed by atoms with E-state index in [1.54, 1.807) is 23.5 Å². The Morgan fingerprint density at radius 1 is 1.24 bits per heavy atom. The van der Waals surface area contributed by atoms with Crippen LogP contribution in [0.5, 0.6) is 0 Å². The van der Waals surface area contributed by atoms with Crippen molar-refractivity contribution in [2.75, 3.05) is 13.1 Å². The highest BCUT2D eigenvalue weighted by Crippen LogP contribution is 2.34. The average molecular weight is 247 g/mol. The molecule has 1 nitrogen and oxygen atoms in total. The maximum atomic E-state index is 13.9. The second-order valence-corrected chi connectivity index (χ2v) is 5.45. The minimum Gasteiger partial charge on any atom is -0.315 e. The van der Waals surface area contributed by atoms with Gasteiger partial charge in [0.05, 0.1) is 0 Å². The number of hydrogen-bond donors (Lipinski definition) is 1. The maximum absolute atomic E-state index is 13.9. The second-order valence-electron chi connectivity index (χ2n) is 4.67. The molecular formula is C14H14FNS. The molecule has 0 bridgehead atoms. The molecule has 0 unspecified atom stereocenters. The van der Waals surface area contributed by atoms with Crippen LogP contribution in [0.4, 0.5) is 4.39 Å². The van der Waals surface area contributed by atoms with Crippen LogP contribution in [0.3, 0.4) is 0 Å². The van der Waals surface area contributed by atoms with E-state index in [0.29, 0.717) is 0 Å². The fourth-order valence-electron chi connectivity index (χ4n) is 2.51. The standard InChI is InChI=1S/C14H14FNS/c15-13-4-2-1-3-12(13)14(9-16-10-14)7-11-5-6-17-8-11/h1-6,8,16H,7,9-10H2. The molecule has 0 spiro atoms. The minimum atomic E-state index is -0.0794. The Bertz CT molecular complexity index is 503. The smallest absolute Gasteiger partial charge is 0.127 e. The SMILES string of the molecule is Fc1ccccc1C1(Cc2ccsc2)CNC1. The van der Waals surface area contributed by atoms with E-state index in [2.05, 4.69) is 22.1 Å². The second kappa shape index (κ2) is 4.24. The molecule has 1 fully saturated rings. The lowest BCUT2D eigenvalue weighted by atomic mass is 9.71. The molecule has 0 saturated carbocycles. The number of nitrogens with one attached hydrogen (secondary N) is 1. The van der Waals surface area contributed by atoms with Crippen molar-refractivity contribution in [1.82, 2.24) is 5.32 Å². The predicted octanol–water partition coefficient (Wildman–Crippen LogP) is 2.97. The molecule has 3 heteroatoms. The maximum Gasteiger partial charge on any atom is 0.127 e. The fraction of sp³-hybridized carbons (Fsp3) is 0.286. The van der Waals surface area contributed by atoms with Crippen molar-refractivity contribution >= 4 is 11.3 Å². The van der Waals surface area contributed by atoms with Crippen molar-refractivity contribution in [3.8, 4) is 0 Å². The van der Waals surface area contributed by atoms with Gasteiger partial charge in [-0.1, -0.05) is 18.2 Å². The van der Waals surface area contributed by atoms with E-state index in [9.17, 15) is 4.39 Å². The van der Waals surface area contributed by atoms with Gasteiger partial charge in [0.15, 0.2) is 0 Å². The van der Waals surface area contributed by atoms with E-state index >= 15 is 0 Å². The van der Waals surface area contributed by atoms with Crippen molar-refractivity contribution in [2.24, 2.45) is 0 Å². The summed E-state index contributed by atoms with van der Waals surface area (Å²) in [6.07, 6.45) is 0.921. The molecule has 2 heterocycles. The lowest BCUT2D eigenvalue weighted by Crippen LogP contribution is -2.58. The van der Waals surface area contributed by atoms with Crippen LogP contribution in [0.15, 0.2) is 41.1 Å². The van der Waals surface area contributed by atoms with E-state index in [4.69, 9.17) is 0 Å². The summed E-state index contributed by atoms with van der Waals surface area (Å²) in [6, 6.07) is 9.28.